The van der Waals surface area contributed by atoms with Crippen molar-refractivity contribution in [3.05, 3.63) is 17.2 Å². The second-order valence-corrected chi connectivity index (χ2v) is 10.1. The zero-order valence-corrected chi connectivity index (χ0v) is 17.8. The number of aromatic hydroxyl groups is 3. The first-order chi connectivity index (χ1) is 11.9. The molecule has 1 rings (SSSR count). The molecule has 1 aromatic carbocycles. The second-order valence-electron chi connectivity index (χ2n) is 10.1. The molecule has 3 nitrogen and oxygen atoms in total. The average Bonchev–Trinajstić information content (AvgIpc) is 2.47. The Morgan fingerprint density at radius 2 is 1.08 bits per heavy atom. The summed E-state index contributed by atoms with van der Waals surface area (Å²) in [6.07, 6.45) is 9.06. The zero-order chi connectivity index (χ0) is 20.0. The van der Waals surface area contributed by atoms with Crippen LogP contribution >= 0.6 is 0 Å². The van der Waals surface area contributed by atoms with Gasteiger partial charge in [0, 0.05) is 17.2 Å². The van der Waals surface area contributed by atoms with Gasteiger partial charge in [-0.2, -0.15) is 0 Å². The maximum Gasteiger partial charge on any atom is 0.161 e. The Hall–Kier alpha value is -1.38. The zero-order valence-electron chi connectivity index (χ0n) is 17.8. The lowest BCUT2D eigenvalue weighted by molar-refractivity contribution is 0.356. The third-order valence-corrected chi connectivity index (χ3v) is 4.93. The van der Waals surface area contributed by atoms with Gasteiger partial charge in [-0.05, 0) is 49.4 Å². The number of benzene rings is 1. The SMILES string of the molecule is CC(C)(C)CCCCCc1c(O)cc(O)c(O)c1CCCCC(C)(C)C. The second kappa shape index (κ2) is 9.53. The highest BCUT2D eigenvalue weighted by Crippen LogP contribution is 2.39. The minimum absolute atomic E-state index is 0.0525. The van der Waals surface area contributed by atoms with Gasteiger partial charge in [0.25, 0.3) is 0 Å². The van der Waals surface area contributed by atoms with Gasteiger partial charge in [-0.25, -0.2) is 0 Å². The van der Waals surface area contributed by atoms with Crippen LogP contribution in [0.2, 0.25) is 0 Å². The highest BCUT2D eigenvalue weighted by atomic mass is 16.3. The molecule has 0 atom stereocenters. The van der Waals surface area contributed by atoms with Crippen LogP contribution in [0, 0.1) is 10.8 Å². The van der Waals surface area contributed by atoms with Crippen LogP contribution in [0.1, 0.15) is 97.6 Å². The summed E-state index contributed by atoms with van der Waals surface area (Å²) in [5.74, 6) is -0.157. The quantitative estimate of drug-likeness (QED) is 0.259. The highest BCUT2D eigenvalue weighted by Gasteiger charge is 2.18. The molecule has 0 bridgehead atoms. The summed E-state index contributed by atoms with van der Waals surface area (Å²) in [4.78, 5) is 0. The van der Waals surface area contributed by atoms with Crippen molar-refractivity contribution in [2.75, 3.05) is 0 Å². The molecule has 0 spiro atoms. The smallest absolute Gasteiger partial charge is 0.161 e. The molecular formula is C23H40O3. The van der Waals surface area contributed by atoms with E-state index in [4.69, 9.17) is 0 Å². The van der Waals surface area contributed by atoms with Crippen LogP contribution in [-0.2, 0) is 12.8 Å². The van der Waals surface area contributed by atoms with Crippen molar-refractivity contribution in [2.45, 2.75) is 99.3 Å². The Kier molecular flexibility index (Phi) is 8.30. The molecule has 0 aromatic heterocycles. The maximum absolute atomic E-state index is 10.3. The predicted octanol–water partition coefficient (Wildman–Crippen LogP) is 6.71. The van der Waals surface area contributed by atoms with Gasteiger partial charge in [0.05, 0.1) is 0 Å². The Bertz CT molecular complexity index is 562. The van der Waals surface area contributed by atoms with Crippen LogP contribution in [0.5, 0.6) is 17.2 Å². The number of rotatable bonds is 9. The van der Waals surface area contributed by atoms with Crippen molar-refractivity contribution in [3.8, 4) is 17.2 Å². The largest absolute Gasteiger partial charge is 0.508 e. The molecule has 0 radical (unpaired) electrons. The number of hydrogen-bond acceptors (Lipinski definition) is 3. The van der Waals surface area contributed by atoms with Crippen molar-refractivity contribution in [2.24, 2.45) is 10.8 Å². The Balaban J connectivity index is 2.69. The van der Waals surface area contributed by atoms with Crippen LogP contribution in [0.15, 0.2) is 6.07 Å². The van der Waals surface area contributed by atoms with E-state index < -0.39 is 0 Å². The molecule has 0 fully saturated rings. The molecule has 0 amide bonds. The number of hydrogen-bond donors (Lipinski definition) is 3. The summed E-state index contributed by atoms with van der Waals surface area (Å²) in [5, 5.41) is 30.5. The number of phenolic OH excluding ortho intramolecular Hbond substituents is 3. The molecule has 0 aliphatic carbocycles. The van der Waals surface area contributed by atoms with Gasteiger partial charge in [0.1, 0.15) is 5.75 Å². The van der Waals surface area contributed by atoms with Crippen LogP contribution < -0.4 is 0 Å². The van der Waals surface area contributed by atoms with E-state index in [1.54, 1.807) is 0 Å². The Morgan fingerprint density at radius 3 is 1.62 bits per heavy atom. The summed E-state index contributed by atoms with van der Waals surface area (Å²) < 4.78 is 0. The third-order valence-electron chi connectivity index (χ3n) is 4.93. The summed E-state index contributed by atoms with van der Waals surface area (Å²) in [5.41, 5.74) is 2.20. The van der Waals surface area contributed by atoms with Crippen LogP contribution in [0.25, 0.3) is 0 Å². The standard InChI is InChI=1S/C23H40O3/c1-22(2,3)14-10-7-8-12-17-18(13-9-11-15-23(4,5)6)21(26)20(25)16-19(17)24/h16,24-26H,7-15H2,1-6H3. The number of phenols is 3. The highest BCUT2D eigenvalue weighted by molar-refractivity contribution is 5.55. The maximum atomic E-state index is 10.3. The van der Waals surface area contributed by atoms with Crippen LogP contribution in [0.3, 0.4) is 0 Å². The minimum Gasteiger partial charge on any atom is -0.508 e. The molecule has 0 unspecified atom stereocenters. The van der Waals surface area contributed by atoms with Crippen molar-refractivity contribution in [1.82, 2.24) is 0 Å². The average molecular weight is 365 g/mol. The van der Waals surface area contributed by atoms with Crippen molar-refractivity contribution >= 4 is 0 Å². The monoisotopic (exact) mass is 364 g/mol. The van der Waals surface area contributed by atoms with E-state index in [-0.39, 0.29) is 17.2 Å². The van der Waals surface area contributed by atoms with Gasteiger partial charge in [-0.15, -0.1) is 0 Å². The Labute approximate surface area is 160 Å². The molecule has 0 heterocycles. The molecule has 0 saturated carbocycles. The first-order valence-electron chi connectivity index (χ1n) is 10.2. The normalized spacial score (nSPS) is 12.5. The first-order valence-corrected chi connectivity index (χ1v) is 10.2. The van der Waals surface area contributed by atoms with Gasteiger partial charge in [-0.1, -0.05) is 60.8 Å². The van der Waals surface area contributed by atoms with Gasteiger partial charge >= 0.3 is 0 Å². The lowest BCUT2D eigenvalue weighted by atomic mass is 9.87. The van der Waals surface area contributed by atoms with Gasteiger partial charge < -0.3 is 15.3 Å². The fourth-order valence-corrected chi connectivity index (χ4v) is 3.38. The van der Waals surface area contributed by atoms with Gasteiger partial charge in [0.2, 0.25) is 0 Å². The van der Waals surface area contributed by atoms with Gasteiger partial charge in [-0.3, -0.25) is 0 Å². The predicted molar refractivity (Wildman–Crippen MR) is 110 cm³/mol. The summed E-state index contributed by atoms with van der Waals surface area (Å²) in [7, 11) is 0. The Morgan fingerprint density at radius 1 is 0.615 bits per heavy atom. The van der Waals surface area contributed by atoms with E-state index in [9.17, 15) is 15.3 Å². The van der Waals surface area contributed by atoms with E-state index in [0.29, 0.717) is 17.3 Å². The van der Waals surface area contributed by atoms with E-state index in [1.165, 1.54) is 18.9 Å². The molecule has 26 heavy (non-hydrogen) atoms. The lowest BCUT2D eigenvalue weighted by Gasteiger charge is -2.19. The number of unbranched alkanes of at least 4 members (excludes halogenated alkanes) is 3. The van der Waals surface area contributed by atoms with E-state index in [2.05, 4.69) is 41.5 Å². The van der Waals surface area contributed by atoms with Crippen LogP contribution in [-0.4, -0.2) is 15.3 Å². The summed E-state index contributed by atoms with van der Waals surface area (Å²) in [6.45, 7) is 13.5. The molecule has 150 valence electrons. The summed E-state index contributed by atoms with van der Waals surface area (Å²) in [6, 6.07) is 1.28. The molecule has 0 saturated heterocycles. The third kappa shape index (κ3) is 8.33. The van der Waals surface area contributed by atoms with Crippen LogP contribution in [0.4, 0.5) is 0 Å². The van der Waals surface area contributed by atoms with Crippen molar-refractivity contribution in [1.29, 1.82) is 0 Å². The molecule has 3 N–H and O–H groups in total. The molecular weight excluding hydrogens is 324 g/mol. The fraction of sp³-hybridized carbons (Fsp3) is 0.739. The lowest BCUT2D eigenvalue weighted by Crippen LogP contribution is -2.05. The van der Waals surface area contributed by atoms with E-state index in [1.807, 2.05) is 0 Å². The molecule has 0 aliphatic rings. The molecule has 3 heteroatoms. The van der Waals surface area contributed by atoms with Crippen molar-refractivity contribution in [3.63, 3.8) is 0 Å². The first kappa shape index (κ1) is 22.7. The summed E-state index contributed by atoms with van der Waals surface area (Å²) >= 11 is 0. The van der Waals surface area contributed by atoms with Crippen molar-refractivity contribution < 1.29 is 15.3 Å². The van der Waals surface area contributed by atoms with E-state index in [0.717, 1.165) is 49.7 Å². The molecule has 0 aliphatic heterocycles. The topological polar surface area (TPSA) is 60.7 Å². The van der Waals surface area contributed by atoms with E-state index >= 15 is 0 Å². The molecule has 1 aromatic rings. The van der Waals surface area contributed by atoms with Gasteiger partial charge in [0.15, 0.2) is 11.5 Å². The minimum atomic E-state index is -0.218. The fourth-order valence-electron chi connectivity index (χ4n) is 3.38.